The standard InChI is InChI=1S/C16H14O3/c17-16-10-12(9-14-3-1-7-18-14)5-6-13(16)11-15-4-2-8-19-15/h1-4,7-9,11H,5-6,10H2/b12-9+,13-11-. The van der Waals surface area contributed by atoms with Gasteiger partial charge >= 0.3 is 0 Å². The first-order valence-corrected chi connectivity index (χ1v) is 6.31. The van der Waals surface area contributed by atoms with Crippen LogP contribution in [-0.4, -0.2) is 5.78 Å². The van der Waals surface area contributed by atoms with Crippen LogP contribution in [0.1, 0.15) is 30.8 Å². The summed E-state index contributed by atoms with van der Waals surface area (Å²) in [5.74, 6) is 1.71. The van der Waals surface area contributed by atoms with Crippen LogP contribution < -0.4 is 0 Å². The molecule has 1 fully saturated rings. The van der Waals surface area contributed by atoms with Gasteiger partial charge in [0.2, 0.25) is 0 Å². The molecule has 0 atom stereocenters. The van der Waals surface area contributed by atoms with Crippen molar-refractivity contribution >= 4 is 17.9 Å². The van der Waals surface area contributed by atoms with Gasteiger partial charge in [0.05, 0.1) is 12.5 Å². The first-order valence-electron chi connectivity index (χ1n) is 6.31. The molecule has 2 aromatic rings. The van der Waals surface area contributed by atoms with E-state index in [-0.39, 0.29) is 5.78 Å². The first kappa shape index (κ1) is 11.8. The van der Waals surface area contributed by atoms with Crippen LogP contribution in [0.3, 0.4) is 0 Å². The molecule has 1 aliphatic rings. The Balaban J connectivity index is 1.74. The van der Waals surface area contributed by atoms with Crippen LogP contribution in [0.25, 0.3) is 12.2 Å². The lowest BCUT2D eigenvalue weighted by molar-refractivity contribution is -0.115. The number of furan rings is 2. The van der Waals surface area contributed by atoms with Crippen molar-refractivity contribution in [2.45, 2.75) is 19.3 Å². The first-order chi connectivity index (χ1) is 9.31. The van der Waals surface area contributed by atoms with Gasteiger partial charge in [-0.05, 0) is 54.8 Å². The summed E-state index contributed by atoms with van der Waals surface area (Å²) in [7, 11) is 0. The number of carbonyl (C=O) groups is 1. The molecule has 19 heavy (non-hydrogen) atoms. The van der Waals surface area contributed by atoms with Crippen LogP contribution in [0.2, 0.25) is 0 Å². The predicted octanol–water partition coefficient (Wildman–Crippen LogP) is 4.09. The molecule has 3 nitrogen and oxygen atoms in total. The van der Waals surface area contributed by atoms with E-state index in [4.69, 9.17) is 8.83 Å². The van der Waals surface area contributed by atoms with Crippen molar-refractivity contribution in [3.05, 3.63) is 59.5 Å². The highest BCUT2D eigenvalue weighted by molar-refractivity contribution is 6.02. The largest absolute Gasteiger partial charge is 0.465 e. The van der Waals surface area contributed by atoms with Crippen LogP contribution in [-0.2, 0) is 4.79 Å². The number of ketones is 1. The molecule has 1 aliphatic carbocycles. The summed E-state index contributed by atoms with van der Waals surface area (Å²) in [6.45, 7) is 0. The fraction of sp³-hybridized carbons (Fsp3) is 0.188. The van der Waals surface area contributed by atoms with Crippen LogP contribution in [0.4, 0.5) is 0 Å². The molecule has 0 bridgehead atoms. The van der Waals surface area contributed by atoms with Crippen LogP contribution in [0.15, 0.2) is 56.8 Å². The second-order valence-electron chi connectivity index (χ2n) is 4.60. The van der Waals surface area contributed by atoms with Crippen molar-refractivity contribution in [2.24, 2.45) is 0 Å². The van der Waals surface area contributed by atoms with E-state index >= 15 is 0 Å². The molecule has 96 valence electrons. The summed E-state index contributed by atoms with van der Waals surface area (Å²) in [6, 6.07) is 7.42. The Bertz CT molecular complexity index is 613. The molecule has 0 aromatic carbocycles. The van der Waals surface area contributed by atoms with Crippen LogP contribution in [0, 0.1) is 0 Å². The number of rotatable bonds is 2. The number of Topliss-reactive ketones (excluding diaryl/α,β-unsaturated/α-hetero) is 1. The summed E-state index contributed by atoms with van der Waals surface area (Å²) >= 11 is 0. The van der Waals surface area contributed by atoms with E-state index < -0.39 is 0 Å². The molecule has 3 rings (SSSR count). The van der Waals surface area contributed by atoms with Gasteiger partial charge < -0.3 is 8.83 Å². The van der Waals surface area contributed by atoms with E-state index in [1.165, 1.54) is 0 Å². The minimum Gasteiger partial charge on any atom is -0.465 e. The molecule has 2 heterocycles. The minimum absolute atomic E-state index is 0.167. The lowest BCUT2D eigenvalue weighted by Crippen LogP contribution is -2.10. The molecule has 0 radical (unpaired) electrons. The highest BCUT2D eigenvalue weighted by Crippen LogP contribution is 2.28. The van der Waals surface area contributed by atoms with Crippen LogP contribution in [0.5, 0.6) is 0 Å². The van der Waals surface area contributed by atoms with Gasteiger partial charge in [-0.2, -0.15) is 0 Å². The van der Waals surface area contributed by atoms with Gasteiger partial charge in [0.25, 0.3) is 0 Å². The molecule has 2 aromatic heterocycles. The normalized spacial score (nSPS) is 20.3. The lowest BCUT2D eigenvalue weighted by atomic mass is 9.88. The molecule has 0 N–H and O–H groups in total. The summed E-state index contributed by atoms with van der Waals surface area (Å²) in [5, 5.41) is 0. The van der Waals surface area contributed by atoms with E-state index in [1.807, 2.05) is 36.4 Å². The molecule has 3 heteroatoms. The topological polar surface area (TPSA) is 43.4 Å². The van der Waals surface area contributed by atoms with Gasteiger partial charge in [-0.15, -0.1) is 0 Å². The maximum Gasteiger partial charge on any atom is 0.163 e. The molecule has 0 spiro atoms. The summed E-state index contributed by atoms with van der Waals surface area (Å²) in [6.07, 6.45) is 9.16. The Morgan fingerprint density at radius 1 is 0.947 bits per heavy atom. The SMILES string of the molecule is O=C1C/C(=C/c2ccco2)CC/C1=C/c1ccco1. The average molecular weight is 254 g/mol. The van der Waals surface area contributed by atoms with Gasteiger partial charge in [0.1, 0.15) is 11.5 Å². The maximum atomic E-state index is 12.1. The van der Waals surface area contributed by atoms with Gasteiger partial charge in [-0.25, -0.2) is 0 Å². The van der Waals surface area contributed by atoms with Gasteiger partial charge in [-0.3, -0.25) is 4.79 Å². The lowest BCUT2D eigenvalue weighted by Gasteiger charge is -2.15. The monoisotopic (exact) mass is 254 g/mol. The molecular weight excluding hydrogens is 240 g/mol. The quantitative estimate of drug-likeness (QED) is 0.758. The van der Waals surface area contributed by atoms with E-state index in [1.54, 1.807) is 12.5 Å². The second kappa shape index (κ2) is 5.14. The number of hydrogen-bond acceptors (Lipinski definition) is 3. The minimum atomic E-state index is 0.167. The van der Waals surface area contributed by atoms with Gasteiger partial charge in [0.15, 0.2) is 5.78 Å². The fourth-order valence-corrected chi connectivity index (χ4v) is 2.24. The zero-order chi connectivity index (χ0) is 13.1. The van der Waals surface area contributed by atoms with Gasteiger partial charge in [0, 0.05) is 6.42 Å². The molecule has 0 aliphatic heterocycles. The molecule has 1 saturated carbocycles. The van der Waals surface area contributed by atoms with Crippen molar-refractivity contribution in [1.82, 2.24) is 0 Å². The van der Waals surface area contributed by atoms with E-state index in [2.05, 4.69) is 0 Å². The summed E-state index contributed by atoms with van der Waals surface area (Å²) in [4.78, 5) is 12.1. The third-order valence-corrected chi connectivity index (χ3v) is 3.21. The van der Waals surface area contributed by atoms with Crippen molar-refractivity contribution in [3.63, 3.8) is 0 Å². The van der Waals surface area contributed by atoms with Crippen LogP contribution >= 0.6 is 0 Å². The average Bonchev–Trinajstić information content (AvgIpc) is 3.05. The highest BCUT2D eigenvalue weighted by atomic mass is 16.3. The highest BCUT2D eigenvalue weighted by Gasteiger charge is 2.19. The second-order valence-corrected chi connectivity index (χ2v) is 4.60. The number of allylic oxidation sites excluding steroid dienone is 2. The Hall–Kier alpha value is -2.29. The smallest absolute Gasteiger partial charge is 0.163 e. The van der Waals surface area contributed by atoms with E-state index in [0.29, 0.717) is 6.42 Å². The fourth-order valence-electron chi connectivity index (χ4n) is 2.24. The maximum absolute atomic E-state index is 12.1. The number of carbonyl (C=O) groups excluding carboxylic acids is 1. The van der Waals surface area contributed by atoms with E-state index in [9.17, 15) is 4.79 Å². The third-order valence-electron chi connectivity index (χ3n) is 3.21. The van der Waals surface area contributed by atoms with Crippen molar-refractivity contribution < 1.29 is 13.6 Å². The Morgan fingerprint density at radius 2 is 1.63 bits per heavy atom. The summed E-state index contributed by atoms with van der Waals surface area (Å²) in [5.41, 5.74) is 1.96. The van der Waals surface area contributed by atoms with Crippen molar-refractivity contribution in [2.75, 3.05) is 0 Å². The van der Waals surface area contributed by atoms with Crippen molar-refractivity contribution in [1.29, 1.82) is 0 Å². The molecule has 0 saturated heterocycles. The Morgan fingerprint density at radius 3 is 2.21 bits per heavy atom. The molecular formula is C16H14O3. The zero-order valence-electron chi connectivity index (χ0n) is 10.5. The van der Waals surface area contributed by atoms with Crippen molar-refractivity contribution in [3.8, 4) is 0 Å². The molecule has 0 amide bonds. The Kier molecular flexibility index (Phi) is 3.19. The predicted molar refractivity (Wildman–Crippen MR) is 72.2 cm³/mol. The summed E-state index contributed by atoms with van der Waals surface area (Å²) < 4.78 is 10.5. The van der Waals surface area contributed by atoms with E-state index in [0.717, 1.165) is 35.5 Å². The number of hydrogen-bond donors (Lipinski definition) is 0. The third kappa shape index (κ3) is 2.76. The molecule has 0 unspecified atom stereocenters. The van der Waals surface area contributed by atoms with Gasteiger partial charge in [-0.1, -0.05) is 5.57 Å². The Labute approximate surface area is 111 Å². The zero-order valence-corrected chi connectivity index (χ0v) is 10.5.